The van der Waals surface area contributed by atoms with E-state index in [1.54, 1.807) is 12.1 Å². The lowest BCUT2D eigenvalue weighted by Crippen LogP contribution is -2.70. The minimum atomic E-state index is -0.918. The minimum absolute atomic E-state index is 0.148. The maximum Gasteiger partial charge on any atom is 0.335 e. The lowest BCUT2D eigenvalue weighted by Gasteiger charge is -2.60. The van der Waals surface area contributed by atoms with Gasteiger partial charge in [-0.05, 0) is 62.1 Å². The summed E-state index contributed by atoms with van der Waals surface area (Å²) in [6.45, 7) is 6.90. The van der Waals surface area contributed by atoms with Crippen LogP contribution in [-0.2, 0) is 30.4 Å². The van der Waals surface area contributed by atoms with Gasteiger partial charge in [-0.2, -0.15) is 0 Å². The molecule has 4 saturated heterocycles. The largest absolute Gasteiger partial charge is 0.478 e. The van der Waals surface area contributed by atoms with E-state index in [2.05, 4.69) is 13.8 Å². The molecule has 1 saturated carbocycles. The molecule has 0 unspecified atom stereocenters. The lowest BCUT2D eigenvalue weighted by molar-refractivity contribution is -0.577. The van der Waals surface area contributed by atoms with E-state index in [4.69, 9.17) is 29.1 Å². The van der Waals surface area contributed by atoms with Crippen molar-refractivity contribution in [3.05, 3.63) is 35.4 Å². The monoisotopic (exact) mass is 432 g/mol. The minimum Gasteiger partial charge on any atom is -0.478 e. The molecule has 8 atom stereocenters. The summed E-state index contributed by atoms with van der Waals surface area (Å²) in [5.74, 6) is -0.427. The molecule has 7 nitrogen and oxygen atoms in total. The van der Waals surface area contributed by atoms with E-state index < -0.39 is 23.6 Å². The van der Waals surface area contributed by atoms with E-state index in [-0.39, 0.29) is 23.7 Å². The zero-order chi connectivity index (χ0) is 21.8. The molecule has 5 fully saturated rings. The van der Waals surface area contributed by atoms with E-state index in [0.717, 1.165) is 31.2 Å². The number of carboxylic acids is 1. The van der Waals surface area contributed by atoms with Crippen molar-refractivity contribution >= 4 is 5.97 Å². The molecule has 1 aromatic carbocycles. The van der Waals surface area contributed by atoms with Crippen LogP contribution in [0.15, 0.2) is 24.3 Å². The van der Waals surface area contributed by atoms with E-state index in [1.165, 1.54) is 0 Å². The molecule has 4 heterocycles. The van der Waals surface area contributed by atoms with Gasteiger partial charge >= 0.3 is 5.97 Å². The molecule has 5 aliphatic rings. The topological polar surface area (TPSA) is 83.5 Å². The molecule has 2 bridgehead atoms. The molecule has 4 aliphatic heterocycles. The zero-order valence-corrected chi connectivity index (χ0v) is 18.4. The van der Waals surface area contributed by atoms with Crippen LogP contribution in [0.3, 0.4) is 0 Å². The first-order valence-electron chi connectivity index (χ1n) is 11.5. The first-order chi connectivity index (χ1) is 14.8. The highest BCUT2D eigenvalue weighted by molar-refractivity contribution is 5.87. The van der Waals surface area contributed by atoms with Crippen LogP contribution in [0.1, 0.15) is 62.4 Å². The molecule has 0 amide bonds. The van der Waals surface area contributed by atoms with Crippen molar-refractivity contribution in [3.8, 4) is 0 Å². The Morgan fingerprint density at radius 3 is 2.65 bits per heavy atom. The van der Waals surface area contributed by atoms with Crippen LogP contribution in [0.25, 0.3) is 0 Å². The van der Waals surface area contributed by atoms with Crippen LogP contribution < -0.4 is 0 Å². The Morgan fingerprint density at radius 2 is 1.90 bits per heavy atom. The number of fused-ring (bicyclic) bond motifs is 2. The second-order valence-electron chi connectivity index (χ2n) is 9.90. The molecule has 0 radical (unpaired) electrons. The summed E-state index contributed by atoms with van der Waals surface area (Å²) in [7, 11) is 0. The highest BCUT2D eigenvalue weighted by Gasteiger charge is 2.69. The van der Waals surface area contributed by atoms with Crippen molar-refractivity contribution in [2.45, 2.75) is 76.8 Å². The highest BCUT2D eigenvalue weighted by atomic mass is 17.3. The molecule has 31 heavy (non-hydrogen) atoms. The Hall–Kier alpha value is -1.51. The van der Waals surface area contributed by atoms with Gasteiger partial charge in [-0.3, -0.25) is 0 Å². The predicted octanol–water partition coefficient (Wildman–Crippen LogP) is 4.15. The Balaban J connectivity index is 1.30. The van der Waals surface area contributed by atoms with Gasteiger partial charge in [0, 0.05) is 18.3 Å². The average Bonchev–Trinajstić information content (AvgIpc) is 2.98. The highest BCUT2D eigenvalue weighted by Crippen LogP contribution is 2.60. The third-order valence-corrected chi connectivity index (χ3v) is 7.97. The fourth-order valence-electron chi connectivity index (χ4n) is 6.17. The summed E-state index contributed by atoms with van der Waals surface area (Å²) in [4.78, 5) is 23.0. The fraction of sp³-hybridized carbons (Fsp3) is 0.708. The van der Waals surface area contributed by atoms with Gasteiger partial charge in [-0.25, -0.2) is 14.6 Å². The maximum atomic E-state index is 11.0. The lowest BCUT2D eigenvalue weighted by atomic mass is 9.58. The first-order valence-corrected chi connectivity index (χ1v) is 11.5. The SMILES string of the molecule is C[C@H]1[C@@H](OCCc2ccc(C(=O)O)cc2)O[C@@H]2O[C@@]3(C)CC[C@H]4[C@H](C)CC[C@@H]1[C@@]24OO3. The quantitative estimate of drug-likeness (QED) is 0.700. The number of benzene rings is 1. The summed E-state index contributed by atoms with van der Waals surface area (Å²) in [5.41, 5.74) is 0.752. The second kappa shape index (κ2) is 7.81. The van der Waals surface area contributed by atoms with Gasteiger partial charge in [0.25, 0.3) is 0 Å². The number of rotatable bonds is 5. The molecule has 1 aliphatic carbocycles. The van der Waals surface area contributed by atoms with Crippen LogP contribution in [0.4, 0.5) is 0 Å². The van der Waals surface area contributed by atoms with Crippen LogP contribution in [0.2, 0.25) is 0 Å². The standard InChI is InChI=1S/C24H32O7/c1-14-4-9-19-15(2)21(27-13-11-16-5-7-17(8-6-16)20(25)26)28-22-24(19)18(14)10-12-23(3,29-22)30-31-24/h5-8,14-15,18-19,21-22H,4,9-13H2,1-3H3,(H,25,26)/t14-,15-,18+,19+,21+,22-,23-,24-/m1/s1. The van der Waals surface area contributed by atoms with Crippen LogP contribution in [0.5, 0.6) is 0 Å². The van der Waals surface area contributed by atoms with Crippen molar-refractivity contribution in [2.24, 2.45) is 23.7 Å². The number of aromatic carboxylic acids is 1. The molecule has 7 heteroatoms. The van der Waals surface area contributed by atoms with Crippen molar-refractivity contribution in [2.75, 3.05) is 6.61 Å². The molecule has 0 aromatic heterocycles. The van der Waals surface area contributed by atoms with E-state index in [1.807, 2.05) is 19.1 Å². The molecule has 170 valence electrons. The van der Waals surface area contributed by atoms with Gasteiger partial charge in [0.05, 0.1) is 12.2 Å². The second-order valence-corrected chi connectivity index (χ2v) is 9.90. The summed E-state index contributed by atoms with van der Waals surface area (Å²) in [5, 5.41) is 9.04. The third-order valence-electron chi connectivity index (χ3n) is 7.97. The maximum absolute atomic E-state index is 11.0. The summed E-state index contributed by atoms with van der Waals surface area (Å²) in [6.07, 6.45) is 3.82. The Kier molecular flexibility index (Phi) is 5.38. The normalized spacial score (nSPS) is 43.8. The van der Waals surface area contributed by atoms with Gasteiger partial charge in [0.1, 0.15) is 0 Å². The number of hydrogen-bond donors (Lipinski definition) is 1. The van der Waals surface area contributed by atoms with E-state index >= 15 is 0 Å². The number of carboxylic acid groups (broad SMARTS) is 1. The first kappa shape index (κ1) is 21.3. The molecule has 1 spiro atoms. The van der Waals surface area contributed by atoms with Crippen molar-refractivity contribution in [3.63, 3.8) is 0 Å². The molecular formula is C24H32O7. The summed E-state index contributed by atoms with van der Waals surface area (Å²) >= 11 is 0. The van der Waals surface area contributed by atoms with Gasteiger partial charge in [-0.15, -0.1) is 0 Å². The van der Waals surface area contributed by atoms with Crippen LogP contribution in [-0.4, -0.2) is 41.7 Å². The Labute approximate surface area is 182 Å². The van der Waals surface area contributed by atoms with Crippen molar-refractivity contribution in [1.29, 1.82) is 0 Å². The summed E-state index contributed by atoms with van der Waals surface area (Å²) < 4.78 is 19.0. The van der Waals surface area contributed by atoms with Crippen LogP contribution >= 0.6 is 0 Å². The smallest absolute Gasteiger partial charge is 0.335 e. The molecule has 1 aromatic rings. The van der Waals surface area contributed by atoms with E-state index in [0.29, 0.717) is 24.9 Å². The fourth-order valence-corrected chi connectivity index (χ4v) is 6.17. The summed E-state index contributed by atoms with van der Waals surface area (Å²) in [6, 6.07) is 6.91. The van der Waals surface area contributed by atoms with Crippen LogP contribution in [0, 0.1) is 23.7 Å². The predicted molar refractivity (Wildman–Crippen MR) is 110 cm³/mol. The average molecular weight is 433 g/mol. The third kappa shape index (κ3) is 3.51. The van der Waals surface area contributed by atoms with Crippen molar-refractivity contribution in [1.82, 2.24) is 0 Å². The molecule has 1 N–H and O–H groups in total. The van der Waals surface area contributed by atoms with Gasteiger partial charge < -0.3 is 19.3 Å². The number of carbonyl (C=O) groups is 1. The molecular weight excluding hydrogens is 400 g/mol. The Bertz CT molecular complexity index is 826. The van der Waals surface area contributed by atoms with Crippen molar-refractivity contribution < 1.29 is 33.9 Å². The zero-order valence-electron chi connectivity index (χ0n) is 18.4. The molecule has 6 rings (SSSR count). The number of hydrogen-bond acceptors (Lipinski definition) is 6. The van der Waals surface area contributed by atoms with Gasteiger partial charge in [0.15, 0.2) is 18.2 Å². The van der Waals surface area contributed by atoms with Gasteiger partial charge in [-0.1, -0.05) is 26.0 Å². The van der Waals surface area contributed by atoms with E-state index in [9.17, 15) is 4.79 Å². The Morgan fingerprint density at radius 1 is 1.13 bits per heavy atom. The number of ether oxygens (including phenoxy) is 3. The van der Waals surface area contributed by atoms with Gasteiger partial charge in [0.2, 0.25) is 5.79 Å².